The van der Waals surface area contributed by atoms with Crippen molar-refractivity contribution >= 4 is 11.9 Å². The minimum atomic E-state index is -0.386. The highest BCUT2D eigenvalue weighted by Gasteiger charge is 2.26. The first-order chi connectivity index (χ1) is 12.5. The number of hydrogen-bond donors (Lipinski definition) is 0. The maximum atomic E-state index is 11.4. The lowest BCUT2D eigenvalue weighted by Gasteiger charge is -2.28. The van der Waals surface area contributed by atoms with Gasteiger partial charge in [-0.3, -0.25) is 9.59 Å². The first kappa shape index (κ1) is 17.8. The summed E-state index contributed by atoms with van der Waals surface area (Å²) in [5.74, 6) is 1.42. The quantitative estimate of drug-likeness (QED) is 0.616. The van der Waals surface area contributed by atoms with Gasteiger partial charge in [0.2, 0.25) is 0 Å². The van der Waals surface area contributed by atoms with Crippen LogP contribution in [0.5, 0.6) is 23.0 Å². The molecule has 1 aliphatic heterocycles. The molecule has 3 rings (SSSR count). The molecule has 0 bridgehead atoms. The summed E-state index contributed by atoms with van der Waals surface area (Å²) in [7, 11) is 1.55. The third-order valence-electron chi connectivity index (χ3n) is 4.07. The number of hydrogen-bond acceptors (Lipinski definition) is 6. The monoisotopic (exact) mass is 356 g/mol. The number of methoxy groups -OCH3 is 1. The molecule has 0 saturated heterocycles. The van der Waals surface area contributed by atoms with Crippen LogP contribution in [0.2, 0.25) is 0 Å². The highest BCUT2D eigenvalue weighted by Crippen LogP contribution is 2.42. The lowest BCUT2D eigenvalue weighted by molar-refractivity contribution is -0.132. The summed E-state index contributed by atoms with van der Waals surface area (Å²) >= 11 is 0. The molecule has 6 heteroatoms. The fraction of sp³-hybridized carbons (Fsp3) is 0.300. The second kappa shape index (κ2) is 7.47. The van der Waals surface area contributed by atoms with Gasteiger partial charge in [-0.05, 0) is 30.5 Å². The molecule has 1 heterocycles. The Balaban J connectivity index is 1.84. The van der Waals surface area contributed by atoms with E-state index in [0.717, 1.165) is 17.5 Å². The zero-order chi connectivity index (χ0) is 18.7. The second-order valence-electron chi connectivity index (χ2n) is 6.00. The van der Waals surface area contributed by atoms with Gasteiger partial charge in [-0.25, -0.2) is 0 Å². The van der Waals surface area contributed by atoms with Gasteiger partial charge in [-0.2, -0.15) is 0 Å². The molecule has 0 spiro atoms. The zero-order valence-electron chi connectivity index (χ0n) is 14.9. The molecular formula is C20H20O6. The van der Waals surface area contributed by atoms with Crippen molar-refractivity contribution in [2.45, 2.75) is 32.8 Å². The van der Waals surface area contributed by atoms with Crippen molar-refractivity contribution in [1.29, 1.82) is 0 Å². The first-order valence-corrected chi connectivity index (χ1v) is 8.30. The molecule has 0 aromatic heterocycles. The lowest BCUT2D eigenvalue weighted by atomic mass is 9.96. The third kappa shape index (κ3) is 3.96. The van der Waals surface area contributed by atoms with Crippen molar-refractivity contribution in [1.82, 2.24) is 0 Å². The van der Waals surface area contributed by atoms with Crippen molar-refractivity contribution in [3.05, 3.63) is 47.5 Å². The first-order valence-electron chi connectivity index (χ1n) is 8.30. The van der Waals surface area contributed by atoms with Crippen LogP contribution in [0.25, 0.3) is 0 Å². The summed E-state index contributed by atoms with van der Waals surface area (Å²) in [4.78, 5) is 22.4. The van der Waals surface area contributed by atoms with Gasteiger partial charge in [0, 0.05) is 31.5 Å². The highest BCUT2D eigenvalue weighted by atomic mass is 16.5. The number of ether oxygens (including phenoxy) is 4. The van der Waals surface area contributed by atoms with E-state index in [-0.39, 0.29) is 18.0 Å². The Morgan fingerprint density at radius 2 is 1.69 bits per heavy atom. The van der Waals surface area contributed by atoms with E-state index < -0.39 is 0 Å². The molecular weight excluding hydrogens is 336 g/mol. The van der Waals surface area contributed by atoms with Crippen LogP contribution in [-0.4, -0.2) is 19.0 Å². The van der Waals surface area contributed by atoms with E-state index in [1.54, 1.807) is 31.4 Å². The summed E-state index contributed by atoms with van der Waals surface area (Å²) in [6.07, 6.45) is 1.30. The van der Waals surface area contributed by atoms with Gasteiger partial charge < -0.3 is 18.9 Å². The molecule has 0 saturated carbocycles. The Hall–Kier alpha value is -3.02. The van der Waals surface area contributed by atoms with Crippen molar-refractivity contribution in [2.24, 2.45) is 0 Å². The number of carbonyl (C=O) groups is 2. The van der Waals surface area contributed by atoms with Gasteiger partial charge in [0.25, 0.3) is 0 Å². The van der Waals surface area contributed by atoms with Crippen LogP contribution < -0.4 is 18.9 Å². The van der Waals surface area contributed by atoms with Gasteiger partial charge in [0.15, 0.2) is 0 Å². The molecule has 26 heavy (non-hydrogen) atoms. The molecule has 1 aliphatic rings. The van der Waals surface area contributed by atoms with E-state index in [2.05, 4.69) is 0 Å². The lowest BCUT2D eigenvalue weighted by Crippen LogP contribution is -2.17. The van der Waals surface area contributed by atoms with Crippen LogP contribution in [0.4, 0.5) is 0 Å². The van der Waals surface area contributed by atoms with Crippen molar-refractivity contribution < 1.29 is 28.5 Å². The van der Waals surface area contributed by atoms with E-state index >= 15 is 0 Å². The zero-order valence-corrected chi connectivity index (χ0v) is 14.9. The van der Waals surface area contributed by atoms with E-state index in [1.165, 1.54) is 13.8 Å². The molecule has 1 unspecified atom stereocenters. The van der Waals surface area contributed by atoms with Gasteiger partial charge in [0.05, 0.1) is 7.11 Å². The summed E-state index contributed by atoms with van der Waals surface area (Å²) in [5.41, 5.74) is 1.83. The van der Waals surface area contributed by atoms with E-state index in [0.29, 0.717) is 29.4 Å². The summed E-state index contributed by atoms with van der Waals surface area (Å²) < 4.78 is 21.8. The van der Waals surface area contributed by atoms with Crippen LogP contribution in [0.15, 0.2) is 36.4 Å². The average molecular weight is 356 g/mol. The Morgan fingerprint density at radius 3 is 2.31 bits per heavy atom. The number of esters is 2. The van der Waals surface area contributed by atoms with Crippen LogP contribution >= 0.6 is 0 Å². The molecule has 0 aliphatic carbocycles. The van der Waals surface area contributed by atoms with Gasteiger partial charge in [-0.15, -0.1) is 0 Å². The predicted octanol–water partition coefficient (Wildman–Crippen LogP) is 3.61. The van der Waals surface area contributed by atoms with Gasteiger partial charge >= 0.3 is 11.9 Å². The van der Waals surface area contributed by atoms with Crippen LogP contribution in [0, 0.1) is 0 Å². The fourth-order valence-electron chi connectivity index (χ4n) is 2.95. The molecule has 0 fully saturated rings. The molecule has 2 aromatic rings. The third-order valence-corrected chi connectivity index (χ3v) is 4.07. The Morgan fingerprint density at radius 1 is 1.00 bits per heavy atom. The Kier molecular flexibility index (Phi) is 5.11. The molecule has 136 valence electrons. The maximum absolute atomic E-state index is 11.4. The number of fused-ring (bicyclic) bond motifs is 1. The number of benzene rings is 2. The summed E-state index contributed by atoms with van der Waals surface area (Å²) in [5, 5.41) is 0. The molecule has 6 nitrogen and oxygen atoms in total. The largest absolute Gasteiger partial charge is 0.496 e. The van der Waals surface area contributed by atoms with Crippen molar-refractivity contribution in [3.63, 3.8) is 0 Å². The standard InChI is InChI=1S/C20H20O6/c1-12(21)24-15-6-4-14(5-7-15)18-9-8-17-19(25-13(2)22)10-16(23-3)11-20(17)26-18/h4-7,10-11,18H,8-9H2,1-3H3. The Bertz CT molecular complexity index is 825. The summed E-state index contributed by atoms with van der Waals surface area (Å²) in [6.45, 7) is 2.73. The van der Waals surface area contributed by atoms with Crippen molar-refractivity contribution in [2.75, 3.05) is 7.11 Å². The topological polar surface area (TPSA) is 71.1 Å². The second-order valence-corrected chi connectivity index (χ2v) is 6.00. The predicted molar refractivity (Wildman–Crippen MR) is 93.7 cm³/mol. The van der Waals surface area contributed by atoms with Gasteiger partial charge in [-0.1, -0.05) is 12.1 Å². The molecule has 0 radical (unpaired) electrons. The summed E-state index contributed by atoms with van der Waals surface area (Å²) in [6, 6.07) is 10.7. The molecule has 0 amide bonds. The van der Waals surface area contributed by atoms with Crippen molar-refractivity contribution in [3.8, 4) is 23.0 Å². The van der Waals surface area contributed by atoms with E-state index in [4.69, 9.17) is 18.9 Å². The van der Waals surface area contributed by atoms with Crippen LogP contribution in [0.3, 0.4) is 0 Å². The average Bonchev–Trinajstić information content (AvgIpc) is 2.60. The molecule has 0 N–H and O–H groups in total. The minimum Gasteiger partial charge on any atom is -0.496 e. The van der Waals surface area contributed by atoms with Gasteiger partial charge in [0.1, 0.15) is 29.1 Å². The van der Waals surface area contributed by atoms with Crippen LogP contribution in [-0.2, 0) is 16.0 Å². The van der Waals surface area contributed by atoms with E-state index in [9.17, 15) is 9.59 Å². The SMILES string of the molecule is COc1cc(OC(C)=O)c2c(c1)OC(c1ccc(OC(C)=O)cc1)CC2. The van der Waals surface area contributed by atoms with Crippen LogP contribution in [0.1, 0.15) is 37.5 Å². The Labute approximate surface area is 151 Å². The normalized spacial score (nSPS) is 15.4. The molecule has 1 atom stereocenters. The smallest absolute Gasteiger partial charge is 0.308 e. The number of carbonyl (C=O) groups excluding carboxylic acids is 2. The molecule has 2 aromatic carbocycles. The fourth-order valence-corrected chi connectivity index (χ4v) is 2.95. The van der Waals surface area contributed by atoms with E-state index in [1.807, 2.05) is 12.1 Å². The minimum absolute atomic E-state index is 0.147. The number of rotatable bonds is 4. The highest BCUT2D eigenvalue weighted by molar-refractivity contribution is 5.71. The maximum Gasteiger partial charge on any atom is 0.308 e.